The third-order valence-corrected chi connectivity index (χ3v) is 6.22. The molecule has 0 N–H and O–H groups in total. The molecule has 1 aromatic heterocycles. The molecular formula is C23H22F3N3O3S. The highest BCUT2D eigenvalue weighted by atomic mass is 32.1. The van der Waals surface area contributed by atoms with E-state index in [1.165, 1.54) is 30.4 Å². The minimum absolute atomic E-state index is 0.107. The molecule has 0 radical (unpaired) electrons. The van der Waals surface area contributed by atoms with Crippen molar-refractivity contribution < 1.29 is 27.4 Å². The first-order valence-electron chi connectivity index (χ1n) is 10.4. The minimum Gasteiger partial charge on any atom is -0.490 e. The van der Waals surface area contributed by atoms with Gasteiger partial charge in [-0.1, -0.05) is 23.5 Å². The van der Waals surface area contributed by atoms with Crippen molar-refractivity contribution in [2.45, 2.75) is 38.7 Å². The van der Waals surface area contributed by atoms with Crippen molar-refractivity contribution >= 4 is 23.0 Å². The molecule has 174 valence electrons. The Balaban J connectivity index is 1.34. The van der Waals surface area contributed by atoms with Crippen molar-refractivity contribution in [3.63, 3.8) is 0 Å². The number of nitrogens with zero attached hydrogens (tertiary/aromatic N) is 3. The summed E-state index contributed by atoms with van der Waals surface area (Å²) in [6.07, 6.45) is -3.44. The summed E-state index contributed by atoms with van der Waals surface area (Å²) in [7, 11) is 0. The zero-order valence-electron chi connectivity index (χ0n) is 17.8. The number of piperidine rings is 1. The Morgan fingerprint density at radius 3 is 2.45 bits per heavy atom. The Kier molecular flexibility index (Phi) is 6.83. The molecule has 4 rings (SSSR count). The van der Waals surface area contributed by atoms with Gasteiger partial charge in [0.15, 0.2) is 5.01 Å². The van der Waals surface area contributed by atoms with Crippen molar-refractivity contribution in [1.29, 1.82) is 0 Å². The SMILES string of the molecule is CC(=O)OCc1nnc(-c2ccc(N3CCC(Oc4ccccc4C(F)(F)F)CC3)cc2)s1. The van der Waals surface area contributed by atoms with E-state index < -0.39 is 11.7 Å². The van der Waals surface area contributed by atoms with Crippen LogP contribution >= 0.6 is 11.3 Å². The molecule has 0 aliphatic carbocycles. The summed E-state index contributed by atoms with van der Waals surface area (Å²) in [5, 5.41) is 9.54. The van der Waals surface area contributed by atoms with Crippen LogP contribution in [0.2, 0.25) is 0 Å². The Hall–Kier alpha value is -3.14. The number of hydrogen-bond donors (Lipinski definition) is 0. The topological polar surface area (TPSA) is 64.5 Å². The largest absolute Gasteiger partial charge is 0.490 e. The average molecular weight is 478 g/mol. The number of alkyl halides is 3. The van der Waals surface area contributed by atoms with E-state index in [-0.39, 0.29) is 24.4 Å². The van der Waals surface area contributed by atoms with Gasteiger partial charge in [0.25, 0.3) is 0 Å². The molecule has 1 fully saturated rings. The summed E-state index contributed by atoms with van der Waals surface area (Å²) in [4.78, 5) is 13.1. The maximum atomic E-state index is 13.2. The molecule has 0 bridgehead atoms. The van der Waals surface area contributed by atoms with Crippen LogP contribution in [0.1, 0.15) is 30.3 Å². The Morgan fingerprint density at radius 1 is 1.09 bits per heavy atom. The van der Waals surface area contributed by atoms with Crippen LogP contribution in [0.3, 0.4) is 0 Å². The van der Waals surface area contributed by atoms with Crippen molar-refractivity contribution in [3.8, 4) is 16.3 Å². The van der Waals surface area contributed by atoms with E-state index >= 15 is 0 Å². The zero-order valence-corrected chi connectivity index (χ0v) is 18.7. The first-order valence-corrected chi connectivity index (χ1v) is 11.3. The molecule has 1 aliphatic rings. The minimum atomic E-state index is -4.44. The molecule has 0 spiro atoms. The van der Waals surface area contributed by atoms with E-state index in [0.717, 1.165) is 22.3 Å². The summed E-state index contributed by atoms with van der Waals surface area (Å²) in [6.45, 7) is 2.82. The maximum Gasteiger partial charge on any atom is 0.419 e. The predicted molar refractivity (Wildman–Crippen MR) is 118 cm³/mol. The van der Waals surface area contributed by atoms with Gasteiger partial charge in [0, 0.05) is 44.1 Å². The van der Waals surface area contributed by atoms with Crippen LogP contribution in [0.15, 0.2) is 48.5 Å². The van der Waals surface area contributed by atoms with E-state index in [1.807, 2.05) is 24.3 Å². The third kappa shape index (κ3) is 5.81. The number of carbonyl (C=O) groups is 1. The standard InChI is InChI=1S/C23H22F3N3O3S/c1-15(30)31-14-21-27-28-22(33-21)16-6-8-17(9-7-16)29-12-10-18(11-13-29)32-20-5-3-2-4-19(20)23(24,25)26/h2-9,18H,10-14H2,1H3. The Bertz CT molecular complexity index is 1090. The fourth-order valence-corrected chi connectivity index (χ4v) is 4.38. The van der Waals surface area contributed by atoms with Crippen LogP contribution in [-0.2, 0) is 22.3 Å². The van der Waals surface area contributed by atoms with Gasteiger partial charge in [0.1, 0.15) is 23.5 Å². The van der Waals surface area contributed by atoms with Crippen LogP contribution in [0.5, 0.6) is 5.75 Å². The molecule has 33 heavy (non-hydrogen) atoms. The molecule has 2 aromatic carbocycles. The molecule has 0 atom stereocenters. The molecule has 1 aliphatic heterocycles. The number of para-hydroxylation sites is 1. The number of anilines is 1. The first kappa shape index (κ1) is 23.0. The predicted octanol–water partition coefficient (Wildman–Crippen LogP) is 5.33. The molecule has 10 heteroatoms. The molecule has 2 heterocycles. The van der Waals surface area contributed by atoms with Crippen LogP contribution in [0.4, 0.5) is 18.9 Å². The van der Waals surface area contributed by atoms with Gasteiger partial charge in [-0.15, -0.1) is 10.2 Å². The van der Waals surface area contributed by atoms with Gasteiger partial charge < -0.3 is 14.4 Å². The Labute approximate surface area is 193 Å². The van der Waals surface area contributed by atoms with Gasteiger partial charge >= 0.3 is 12.1 Å². The molecule has 0 amide bonds. The second kappa shape index (κ2) is 9.78. The summed E-state index contributed by atoms with van der Waals surface area (Å²) >= 11 is 1.36. The van der Waals surface area contributed by atoms with Crippen LogP contribution in [0.25, 0.3) is 10.6 Å². The summed E-state index contributed by atoms with van der Waals surface area (Å²) in [5.41, 5.74) is 1.19. The van der Waals surface area contributed by atoms with Gasteiger partial charge in [0.2, 0.25) is 0 Å². The summed E-state index contributed by atoms with van der Waals surface area (Å²) in [5.74, 6) is -0.479. The highest BCUT2D eigenvalue weighted by molar-refractivity contribution is 7.14. The molecule has 3 aromatic rings. The molecular weight excluding hydrogens is 455 g/mol. The number of halogens is 3. The molecule has 6 nitrogen and oxygen atoms in total. The maximum absolute atomic E-state index is 13.2. The van der Waals surface area contributed by atoms with E-state index in [4.69, 9.17) is 9.47 Å². The van der Waals surface area contributed by atoms with Crippen molar-refractivity contribution in [3.05, 3.63) is 59.1 Å². The lowest BCUT2D eigenvalue weighted by molar-refractivity contribution is -0.142. The first-order chi connectivity index (χ1) is 15.8. The highest BCUT2D eigenvalue weighted by Gasteiger charge is 2.35. The van der Waals surface area contributed by atoms with Gasteiger partial charge in [-0.05, 0) is 36.4 Å². The lowest BCUT2D eigenvalue weighted by Gasteiger charge is -2.34. The molecule has 0 saturated carbocycles. The monoisotopic (exact) mass is 477 g/mol. The Morgan fingerprint density at radius 2 is 1.79 bits per heavy atom. The number of rotatable bonds is 6. The normalized spacial score (nSPS) is 14.8. The second-order valence-corrected chi connectivity index (χ2v) is 8.69. The number of esters is 1. The van der Waals surface area contributed by atoms with E-state index in [0.29, 0.717) is 30.9 Å². The quantitative estimate of drug-likeness (QED) is 0.447. The summed E-state index contributed by atoms with van der Waals surface area (Å²) < 4.78 is 50.3. The summed E-state index contributed by atoms with van der Waals surface area (Å²) in [6, 6.07) is 13.2. The fourth-order valence-electron chi connectivity index (χ4n) is 3.62. The van der Waals surface area contributed by atoms with Gasteiger partial charge in [-0.3, -0.25) is 4.79 Å². The fraction of sp³-hybridized carbons (Fsp3) is 0.348. The number of aromatic nitrogens is 2. The molecule has 1 saturated heterocycles. The van der Waals surface area contributed by atoms with Crippen molar-refractivity contribution in [2.24, 2.45) is 0 Å². The number of hydrogen-bond acceptors (Lipinski definition) is 7. The van der Waals surface area contributed by atoms with E-state index in [1.54, 1.807) is 6.07 Å². The third-order valence-electron chi connectivity index (χ3n) is 5.27. The average Bonchev–Trinajstić information content (AvgIpc) is 3.27. The highest BCUT2D eigenvalue weighted by Crippen LogP contribution is 2.37. The number of benzene rings is 2. The number of ether oxygens (including phenoxy) is 2. The van der Waals surface area contributed by atoms with E-state index in [9.17, 15) is 18.0 Å². The second-order valence-electron chi connectivity index (χ2n) is 7.63. The smallest absolute Gasteiger partial charge is 0.419 e. The van der Waals surface area contributed by atoms with Gasteiger partial charge in [-0.2, -0.15) is 13.2 Å². The van der Waals surface area contributed by atoms with E-state index in [2.05, 4.69) is 15.1 Å². The van der Waals surface area contributed by atoms with Gasteiger partial charge in [-0.25, -0.2) is 0 Å². The zero-order chi connectivity index (χ0) is 23.4. The van der Waals surface area contributed by atoms with Crippen LogP contribution in [-0.4, -0.2) is 35.4 Å². The number of carbonyl (C=O) groups excluding carboxylic acids is 1. The van der Waals surface area contributed by atoms with Crippen molar-refractivity contribution in [2.75, 3.05) is 18.0 Å². The van der Waals surface area contributed by atoms with Crippen LogP contribution in [0, 0.1) is 0 Å². The van der Waals surface area contributed by atoms with Crippen LogP contribution < -0.4 is 9.64 Å². The van der Waals surface area contributed by atoms with Crippen molar-refractivity contribution in [1.82, 2.24) is 10.2 Å². The van der Waals surface area contributed by atoms with Gasteiger partial charge in [0.05, 0.1) is 5.56 Å². The molecule has 0 unspecified atom stereocenters. The lowest BCUT2D eigenvalue weighted by atomic mass is 10.1. The lowest BCUT2D eigenvalue weighted by Crippen LogP contribution is -2.38.